The van der Waals surface area contributed by atoms with Crippen LogP contribution in [0.3, 0.4) is 0 Å². The van der Waals surface area contributed by atoms with E-state index in [1.54, 1.807) is 20.8 Å². The van der Waals surface area contributed by atoms with E-state index < -0.39 is 5.54 Å². The molecule has 6 nitrogen and oxygen atoms in total. The van der Waals surface area contributed by atoms with Gasteiger partial charge in [0.1, 0.15) is 6.54 Å². The first-order valence-corrected chi connectivity index (χ1v) is 3.64. The first kappa shape index (κ1) is 11.0. The standard InChI is InChI=1S/C6H15N3O3/c1-6(2,3)8(4-5-10)9(12)7-11/h10-11H,4-5H2,1-3H3. The second-order valence-corrected chi connectivity index (χ2v) is 3.36. The SMILES string of the molecule is CC(C)(C)N(CCO)[N+]([O-])=NO. The van der Waals surface area contributed by atoms with Crippen molar-refractivity contribution in [2.45, 2.75) is 26.3 Å². The van der Waals surface area contributed by atoms with Gasteiger partial charge in [-0.2, -0.15) is 0 Å². The molecule has 0 amide bonds. The second kappa shape index (κ2) is 4.10. The summed E-state index contributed by atoms with van der Waals surface area (Å²) in [6.45, 7) is 5.30. The zero-order valence-electron chi connectivity index (χ0n) is 7.56. The fourth-order valence-corrected chi connectivity index (χ4v) is 0.821. The molecule has 0 unspecified atom stereocenters. The van der Waals surface area contributed by atoms with Gasteiger partial charge in [-0.15, -0.1) is 5.01 Å². The van der Waals surface area contributed by atoms with Crippen LogP contribution >= 0.6 is 0 Å². The molecule has 12 heavy (non-hydrogen) atoms. The Labute approximate surface area is 71.2 Å². The molecule has 2 N–H and O–H groups in total. The van der Waals surface area contributed by atoms with Crippen molar-refractivity contribution in [3.63, 3.8) is 0 Å². The molecule has 0 fully saturated rings. The normalized spacial score (nSPS) is 13.2. The molecule has 0 bridgehead atoms. The minimum absolute atomic E-state index is 0.0657. The van der Waals surface area contributed by atoms with Gasteiger partial charge in [-0.05, 0) is 20.8 Å². The third-order valence-electron chi connectivity index (χ3n) is 1.37. The van der Waals surface area contributed by atoms with Gasteiger partial charge in [-0.3, -0.25) is 0 Å². The highest BCUT2D eigenvalue weighted by Crippen LogP contribution is 2.12. The minimum Gasteiger partial charge on any atom is -0.569 e. The predicted octanol–water partition coefficient (Wildman–Crippen LogP) is 0.346. The Kier molecular flexibility index (Phi) is 3.75. The average Bonchev–Trinajstić information content (AvgIpc) is 1.96. The van der Waals surface area contributed by atoms with Crippen LogP contribution in [-0.4, -0.2) is 39.0 Å². The maximum Gasteiger partial charge on any atom is 0.230 e. The zero-order valence-corrected chi connectivity index (χ0v) is 7.56. The number of hydrazine groups is 1. The van der Waals surface area contributed by atoms with Crippen molar-refractivity contribution >= 4 is 0 Å². The highest BCUT2D eigenvalue weighted by atomic mass is 16.6. The van der Waals surface area contributed by atoms with Gasteiger partial charge < -0.3 is 15.5 Å². The van der Waals surface area contributed by atoms with Crippen LogP contribution in [0, 0.1) is 5.21 Å². The Hall–Kier alpha value is -1.04. The molecule has 0 rings (SSSR count). The third kappa shape index (κ3) is 2.91. The van der Waals surface area contributed by atoms with Crippen LogP contribution in [0.15, 0.2) is 5.28 Å². The molecule has 0 aliphatic heterocycles. The van der Waals surface area contributed by atoms with Gasteiger partial charge in [-0.25, -0.2) is 0 Å². The Morgan fingerprint density at radius 2 is 2.00 bits per heavy atom. The van der Waals surface area contributed by atoms with Crippen LogP contribution in [0.2, 0.25) is 0 Å². The number of aliphatic hydroxyl groups excluding tert-OH is 1. The molecule has 0 aliphatic carbocycles. The largest absolute Gasteiger partial charge is 0.569 e. The summed E-state index contributed by atoms with van der Waals surface area (Å²) in [6, 6.07) is 0. The number of hydrogen-bond donors (Lipinski definition) is 2. The van der Waals surface area contributed by atoms with E-state index in [1.165, 1.54) is 5.01 Å². The van der Waals surface area contributed by atoms with Gasteiger partial charge in [0, 0.05) is 0 Å². The van der Waals surface area contributed by atoms with Gasteiger partial charge >= 0.3 is 0 Å². The molecule has 72 valence electrons. The van der Waals surface area contributed by atoms with Gasteiger partial charge in [0.2, 0.25) is 5.28 Å². The van der Waals surface area contributed by atoms with Crippen molar-refractivity contribution in [2.24, 2.45) is 5.28 Å². The van der Waals surface area contributed by atoms with Gasteiger partial charge in [0.05, 0.1) is 17.1 Å². The molecule has 0 spiro atoms. The van der Waals surface area contributed by atoms with Crippen molar-refractivity contribution in [3.05, 3.63) is 5.21 Å². The lowest BCUT2D eigenvalue weighted by Crippen LogP contribution is -2.47. The van der Waals surface area contributed by atoms with Crippen LogP contribution in [0.5, 0.6) is 0 Å². The summed E-state index contributed by atoms with van der Waals surface area (Å²) < 4.78 is 0. The molecule has 0 saturated carbocycles. The Balaban J connectivity index is 4.44. The Morgan fingerprint density at radius 1 is 1.50 bits per heavy atom. The highest BCUT2D eigenvalue weighted by molar-refractivity contribution is 4.68. The number of hydrogen-bond acceptors (Lipinski definition) is 3. The quantitative estimate of drug-likeness (QED) is 0.370. The number of nitrogens with zero attached hydrogens (tertiary/aromatic N) is 3. The number of β-amino-alcohol motifs (C(OH)–C–C–N with tert-alkyl or cyclic N) is 1. The summed E-state index contributed by atoms with van der Waals surface area (Å²) in [4.78, 5) is 0.0657. The summed E-state index contributed by atoms with van der Waals surface area (Å²) in [7, 11) is 0. The Bertz CT molecular complexity index is 164. The molecule has 0 aromatic carbocycles. The average molecular weight is 177 g/mol. The van der Waals surface area contributed by atoms with E-state index in [1.807, 2.05) is 0 Å². The van der Waals surface area contributed by atoms with Crippen LogP contribution in [0.25, 0.3) is 0 Å². The molecular formula is C6H15N3O3. The molecule has 0 heterocycles. The predicted molar refractivity (Wildman–Crippen MR) is 41.4 cm³/mol. The van der Waals surface area contributed by atoms with Crippen molar-refractivity contribution < 1.29 is 15.3 Å². The van der Waals surface area contributed by atoms with Crippen molar-refractivity contribution in [1.82, 2.24) is 5.01 Å². The first-order chi connectivity index (χ1) is 5.43. The van der Waals surface area contributed by atoms with E-state index in [9.17, 15) is 5.21 Å². The molecule has 0 radical (unpaired) electrons. The molecule has 0 aromatic rings. The molecule has 6 heteroatoms. The summed E-state index contributed by atoms with van der Waals surface area (Å²) in [6.07, 6.45) is 0. The topological polar surface area (TPSA) is 82.1 Å². The number of aliphatic hydroxyl groups is 1. The van der Waals surface area contributed by atoms with E-state index >= 15 is 0 Å². The first-order valence-electron chi connectivity index (χ1n) is 3.64. The fraction of sp³-hybridized carbons (Fsp3) is 1.00. The molecule has 0 atom stereocenters. The van der Waals surface area contributed by atoms with Crippen molar-refractivity contribution in [3.8, 4) is 0 Å². The summed E-state index contributed by atoms with van der Waals surface area (Å²) in [5, 5.41) is 31.4. The maximum atomic E-state index is 10.9. The lowest BCUT2D eigenvalue weighted by Gasteiger charge is -2.29. The van der Waals surface area contributed by atoms with E-state index in [2.05, 4.69) is 5.28 Å². The summed E-state index contributed by atoms with van der Waals surface area (Å²) in [5.41, 5.74) is -0.475. The van der Waals surface area contributed by atoms with Crippen LogP contribution in [0.4, 0.5) is 0 Å². The monoisotopic (exact) mass is 177 g/mol. The van der Waals surface area contributed by atoms with Crippen molar-refractivity contribution in [1.29, 1.82) is 0 Å². The van der Waals surface area contributed by atoms with Gasteiger partial charge in [0.25, 0.3) is 0 Å². The van der Waals surface area contributed by atoms with Crippen LogP contribution in [0.1, 0.15) is 20.8 Å². The molecule has 0 aliphatic rings. The van der Waals surface area contributed by atoms with Gasteiger partial charge in [0.15, 0.2) is 0 Å². The summed E-state index contributed by atoms with van der Waals surface area (Å²) >= 11 is 0. The van der Waals surface area contributed by atoms with E-state index in [4.69, 9.17) is 10.3 Å². The maximum absolute atomic E-state index is 10.9. The Morgan fingerprint density at radius 3 is 2.25 bits per heavy atom. The molecule has 0 aromatic heterocycles. The minimum atomic E-state index is -0.475. The lowest BCUT2D eigenvalue weighted by molar-refractivity contribution is -0.724. The zero-order chi connectivity index (χ0) is 9.78. The summed E-state index contributed by atoms with van der Waals surface area (Å²) in [5.74, 6) is 0. The van der Waals surface area contributed by atoms with E-state index in [0.29, 0.717) is 0 Å². The highest BCUT2D eigenvalue weighted by Gasteiger charge is 2.27. The molecule has 0 saturated heterocycles. The fourth-order valence-electron chi connectivity index (χ4n) is 0.821. The van der Waals surface area contributed by atoms with Crippen molar-refractivity contribution in [2.75, 3.05) is 13.2 Å². The van der Waals surface area contributed by atoms with E-state index in [0.717, 1.165) is 0 Å². The van der Waals surface area contributed by atoms with Crippen LogP contribution < -0.4 is 0 Å². The smallest absolute Gasteiger partial charge is 0.230 e. The lowest BCUT2D eigenvalue weighted by atomic mass is 10.1. The second-order valence-electron chi connectivity index (χ2n) is 3.36. The third-order valence-corrected chi connectivity index (χ3v) is 1.37. The van der Waals surface area contributed by atoms with Crippen LogP contribution in [-0.2, 0) is 0 Å². The number of rotatable bonds is 3. The van der Waals surface area contributed by atoms with E-state index in [-0.39, 0.29) is 18.1 Å². The van der Waals surface area contributed by atoms with Gasteiger partial charge in [-0.1, -0.05) is 0 Å². The molecular weight excluding hydrogens is 162 g/mol.